The van der Waals surface area contributed by atoms with E-state index in [1.165, 1.54) is 11.3 Å². The number of anilines is 1. The van der Waals surface area contributed by atoms with Gasteiger partial charge in [-0.15, -0.1) is 22.6 Å². The van der Waals surface area contributed by atoms with Gasteiger partial charge in [0.1, 0.15) is 5.01 Å². The van der Waals surface area contributed by atoms with Gasteiger partial charge in [0, 0.05) is 0 Å². The number of halogens is 1. The molecule has 96 valence electrons. The number of aryl methyl sites for hydroxylation is 1. The maximum Gasteiger partial charge on any atom is 0.246 e. The van der Waals surface area contributed by atoms with Gasteiger partial charge in [-0.3, -0.25) is 10.1 Å². The second-order valence-electron chi connectivity index (χ2n) is 4.17. The lowest BCUT2D eigenvalue weighted by molar-refractivity contribution is -0.121. The Labute approximate surface area is 111 Å². The second-order valence-corrected chi connectivity index (χ2v) is 5.23. The molecule has 5 nitrogen and oxygen atoms in total. The standard InChI is InChI=1S/C10H16N4OS.ClH/c1-2-7-13-14-9(16-7)12-8(15)10(11)5-3-4-6-10;/h2-6,11H2,1H3,(H,12,14,15);1H. The fourth-order valence-corrected chi connectivity index (χ4v) is 2.58. The molecule has 0 aliphatic heterocycles. The zero-order chi connectivity index (χ0) is 11.6. The molecule has 0 saturated heterocycles. The maximum atomic E-state index is 11.9. The molecule has 3 N–H and O–H groups in total. The second kappa shape index (κ2) is 5.75. The number of hydrogen-bond acceptors (Lipinski definition) is 5. The third kappa shape index (κ3) is 3.14. The molecule has 0 aromatic carbocycles. The Balaban J connectivity index is 0.00000144. The molecule has 2 rings (SSSR count). The number of carbonyl (C=O) groups excluding carboxylic acids is 1. The summed E-state index contributed by atoms with van der Waals surface area (Å²) in [5, 5.41) is 12.1. The van der Waals surface area contributed by atoms with Gasteiger partial charge in [-0.1, -0.05) is 31.1 Å². The van der Waals surface area contributed by atoms with Crippen LogP contribution in [0.5, 0.6) is 0 Å². The molecule has 0 unspecified atom stereocenters. The molecule has 17 heavy (non-hydrogen) atoms. The van der Waals surface area contributed by atoms with Crippen molar-refractivity contribution in [2.24, 2.45) is 5.73 Å². The fourth-order valence-electron chi connectivity index (χ4n) is 1.90. The molecule has 1 heterocycles. The largest absolute Gasteiger partial charge is 0.317 e. The van der Waals surface area contributed by atoms with Crippen molar-refractivity contribution in [3.05, 3.63) is 5.01 Å². The number of carbonyl (C=O) groups is 1. The van der Waals surface area contributed by atoms with Crippen LogP contribution in [0.1, 0.15) is 37.6 Å². The summed E-state index contributed by atoms with van der Waals surface area (Å²) >= 11 is 1.41. The molecule has 0 atom stereocenters. The Morgan fingerprint density at radius 3 is 2.65 bits per heavy atom. The molecule has 1 saturated carbocycles. The van der Waals surface area contributed by atoms with Gasteiger partial charge in [-0.25, -0.2) is 0 Å². The number of aromatic nitrogens is 2. The lowest BCUT2D eigenvalue weighted by Gasteiger charge is -2.20. The van der Waals surface area contributed by atoms with Crippen molar-refractivity contribution in [2.45, 2.75) is 44.6 Å². The van der Waals surface area contributed by atoms with Crippen LogP contribution in [-0.2, 0) is 11.2 Å². The highest BCUT2D eigenvalue weighted by Crippen LogP contribution is 2.28. The van der Waals surface area contributed by atoms with Crippen LogP contribution in [0.15, 0.2) is 0 Å². The van der Waals surface area contributed by atoms with Crippen molar-refractivity contribution in [3.8, 4) is 0 Å². The molecule has 1 aromatic rings. The molecular formula is C10H17ClN4OS. The summed E-state index contributed by atoms with van der Waals surface area (Å²) in [6.45, 7) is 2.01. The van der Waals surface area contributed by atoms with E-state index in [1.54, 1.807) is 0 Å². The van der Waals surface area contributed by atoms with E-state index >= 15 is 0 Å². The monoisotopic (exact) mass is 276 g/mol. The molecule has 7 heteroatoms. The minimum absolute atomic E-state index is 0. The zero-order valence-electron chi connectivity index (χ0n) is 9.73. The summed E-state index contributed by atoms with van der Waals surface area (Å²) in [4.78, 5) is 11.9. The quantitative estimate of drug-likeness (QED) is 0.881. The molecule has 0 radical (unpaired) electrons. The van der Waals surface area contributed by atoms with E-state index in [9.17, 15) is 4.79 Å². The lowest BCUT2D eigenvalue weighted by atomic mass is 9.98. The van der Waals surface area contributed by atoms with Crippen molar-refractivity contribution in [1.82, 2.24) is 10.2 Å². The maximum absolute atomic E-state index is 11.9. The predicted octanol–water partition coefficient (Wildman–Crippen LogP) is 1.73. The average molecular weight is 277 g/mol. The molecule has 1 aliphatic carbocycles. The van der Waals surface area contributed by atoms with E-state index in [2.05, 4.69) is 15.5 Å². The van der Waals surface area contributed by atoms with Gasteiger partial charge < -0.3 is 5.73 Å². The van der Waals surface area contributed by atoms with E-state index in [0.29, 0.717) is 5.13 Å². The summed E-state index contributed by atoms with van der Waals surface area (Å²) < 4.78 is 0. The average Bonchev–Trinajstić information content (AvgIpc) is 2.88. The van der Waals surface area contributed by atoms with Crippen LogP contribution in [0.3, 0.4) is 0 Å². The summed E-state index contributed by atoms with van der Waals surface area (Å²) in [6, 6.07) is 0. The van der Waals surface area contributed by atoms with E-state index in [0.717, 1.165) is 37.1 Å². The smallest absolute Gasteiger partial charge is 0.246 e. The number of rotatable bonds is 3. The zero-order valence-corrected chi connectivity index (χ0v) is 11.4. The molecule has 0 spiro atoms. The minimum Gasteiger partial charge on any atom is -0.317 e. The van der Waals surface area contributed by atoms with Gasteiger partial charge in [-0.2, -0.15) is 0 Å². The van der Waals surface area contributed by atoms with Crippen LogP contribution in [0.2, 0.25) is 0 Å². The Morgan fingerprint density at radius 2 is 2.12 bits per heavy atom. The first kappa shape index (κ1) is 14.3. The Morgan fingerprint density at radius 1 is 1.47 bits per heavy atom. The van der Waals surface area contributed by atoms with Gasteiger partial charge >= 0.3 is 0 Å². The van der Waals surface area contributed by atoms with Gasteiger partial charge in [0.25, 0.3) is 0 Å². The van der Waals surface area contributed by atoms with Crippen molar-refractivity contribution < 1.29 is 4.79 Å². The van der Waals surface area contributed by atoms with Crippen LogP contribution in [-0.4, -0.2) is 21.6 Å². The number of amides is 1. The number of nitrogens with zero attached hydrogens (tertiary/aromatic N) is 2. The number of hydrogen-bond donors (Lipinski definition) is 2. The Kier molecular flexibility index (Phi) is 4.85. The van der Waals surface area contributed by atoms with E-state index < -0.39 is 5.54 Å². The molecule has 1 amide bonds. The molecule has 1 aliphatic rings. The third-order valence-electron chi connectivity index (χ3n) is 2.94. The van der Waals surface area contributed by atoms with Gasteiger partial charge in [0.15, 0.2) is 0 Å². The Bertz CT molecular complexity index is 389. The Hall–Kier alpha value is -0.720. The third-order valence-corrected chi connectivity index (χ3v) is 3.92. The first-order chi connectivity index (χ1) is 7.64. The molecular weight excluding hydrogens is 260 g/mol. The van der Waals surface area contributed by atoms with Crippen LogP contribution >= 0.6 is 23.7 Å². The first-order valence-corrected chi connectivity index (χ1v) is 6.38. The van der Waals surface area contributed by atoms with Crippen molar-refractivity contribution in [2.75, 3.05) is 5.32 Å². The highest BCUT2D eigenvalue weighted by atomic mass is 35.5. The summed E-state index contributed by atoms with van der Waals surface area (Å²) in [5.41, 5.74) is 5.34. The van der Waals surface area contributed by atoms with E-state index in [1.807, 2.05) is 6.92 Å². The fraction of sp³-hybridized carbons (Fsp3) is 0.700. The van der Waals surface area contributed by atoms with Gasteiger partial charge in [0.2, 0.25) is 11.0 Å². The van der Waals surface area contributed by atoms with E-state index in [-0.39, 0.29) is 18.3 Å². The molecule has 0 bridgehead atoms. The van der Waals surface area contributed by atoms with Crippen molar-refractivity contribution in [3.63, 3.8) is 0 Å². The van der Waals surface area contributed by atoms with Crippen LogP contribution in [0.25, 0.3) is 0 Å². The van der Waals surface area contributed by atoms with Gasteiger partial charge in [0.05, 0.1) is 5.54 Å². The van der Waals surface area contributed by atoms with Gasteiger partial charge in [-0.05, 0) is 19.3 Å². The summed E-state index contributed by atoms with van der Waals surface area (Å²) in [5.74, 6) is -0.121. The topological polar surface area (TPSA) is 80.9 Å². The lowest BCUT2D eigenvalue weighted by Crippen LogP contribution is -2.48. The van der Waals surface area contributed by atoms with E-state index in [4.69, 9.17) is 5.73 Å². The van der Waals surface area contributed by atoms with Crippen LogP contribution in [0.4, 0.5) is 5.13 Å². The molecule has 1 fully saturated rings. The normalized spacial score (nSPS) is 17.5. The SMILES string of the molecule is CCc1nnc(NC(=O)C2(N)CCCC2)s1.Cl. The number of nitrogens with two attached hydrogens (primary N) is 1. The number of nitrogens with one attached hydrogen (secondary N) is 1. The highest BCUT2D eigenvalue weighted by Gasteiger charge is 2.37. The summed E-state index contributed by atoms with van der Waals surface area (Å²) in [7, 11) is 0. The van der Waals surface area contributed by atoms with Crippen LogP contribution < -0.4 is 11.1 Å². The first-order valence-electron chi connectivity index (χ1n) is 5.57. The van der Waals surface area contributed by atoms with Crippen molar-refractivity contribution in [1.29, 1.82) is 0 Å². The summed E-state index contributed by atoms with van der Waals surface area (Å²) in [6.07, 6.45) is 4.42. The highest BCUT2D eigenvalue weighted by molar-refractivity contribution is 7.15. The molecule has 1 aromatic heterocycles. The van der Waals surface area contributed by atoms with Crippen molar-refractivity contribution >= 4 is 34.8 Å². The minimum atomic E-state index is -0.696. The predicted molar refractivity (Wildman–Crippen MR) is 70.6 cm³/mol. The van der Waals surface area contributed by atoms with Crippen LogP contribution in [0, 0.1) is 0 Å².